The van der Waals surface area contributed by atoms with Crippen molar-refractivity contribution in [2.75, 3.05) is 39.1 Å². The molecule has 1 aromatic rings. The van der Waals surface area contributed by atoms with Crippen LogP contribution in [0.5, 0.6) is 5.75 Å². The molecule has 0 amide bonds. The number of benzene rings is 1. The number of nitrogen functional groups attached to an aromatic ring is 1. The van der Waals surface area contributed by atoms with Gasteiger partial charge in [0.05, 0.1) is 20.3 Å². The van der Waals surface area contributed by atoms with Crippen molar-refractivity contribution in [1.82, 2.24) is 4.90 Å². The molecule has 0 spiro atoms. The minimum atomic E-state index is 0.165. The first-order chi connectivity index (χ1) is 9.04. The Labute approximate surface area is 115 Å². The third kappa shape index (κ3) is 8.42. The Balaban J connectivity index is 0.000000342. The van der Waals surface area contributed by atoms with Crippen LogP contribution in [0.15, 0.2) is 24.3 Å². The quantitative estimate of drug-likeness (QED) is 0.671. The van der Waals surface area contributed by atoms with Crippen LogP contribution in [-0.2, 0) is 0 Å². The first-order valence-electron chi connectivity index (χ1n) is 6.40. The number of aliphatic hydroxyl groups is 2. The number of nitrogens with zero attached hydrogens (tertiary/aromatic N) is 1. The molecule has 1 aromatic carbocycles. The molecular formula is C14H26N2O3. The highest BCUT2D eigenvalue weighted by atomic mass is 16.5. The molecule has 0 fully saturated rings. The standard InChI is InChI=1S/C7H17NO2.C7H9NO/c1-7(2)8(3-5-9)4-6-10;1-9-7-4-2-6(8)3-5-7/h7,9-10H,3-6H2,1-2H3;2-5H,8H2,1H3. The molecule has 0 aliphatic rings. The number of nitrogens with two attached hydrogens (primary N) is 1. The third-order valence-corrected chi connectivity index (χ3v) is 2.62. The van der Waals surface area contributed by atoms with Crippen LogP contribution in [0.1, 0.15) is 13.8 Å². The maximum atomic E-state index is 8.59. The Bertz CT molecular complexity index is 309. The summed E-state index contributed by atoms with van der Waals surface area (Å²) in [6.07, 6.45) is 0. The number of methoxy groups -OCH3 is 1. The molecule has 0 saturated heterocycles. The van der Waals surface area contributed by atoms with Gasteiger partial charge < -0.3 is 20.7 Å². The number of hydrogen-bond donors (Lipinski definition) is 3. The Morgan fingerprint density at radius 1 is 1.11 bits per heavy atom. The van der Waals surface area contributed by atoms with Crippen LogP contribution in [0.25, 0.3) is 0 Å². The minimum absolute atomic E-state index is 0.165. The van der Waals surface area contributed by atoms with Gasteiger partial charge in [-0.25, -0.2) is 0 Å². The van der Waals surface area contributed by atoms with E-state index in [1.807, 2.05) is 30.9 Å². The van der Waals surface area contributed by atoms with E-state index in [4.69, 9.17) is 20.7 Å². The zero-order valence-electron chi connectivity index (χ0n) is 12.0. The predicted octanol–water partition coefficient (Wildman–Crippen LogP) is 0.959. The van der Waals surface area contributed by atoms with Crippen molar-refractivity contribution in [1.29, 1.82) is 0 Å². The van der Waals surface area contributed by atoms with Crippen LogP contribution < -0.4 is 10.5 Å². The molecule has 0 saturated carbocycles. The van der Waals surface area contributed by atoms with Crippen LogP contribution in [0.4, 0.5) is 5.69 Å². The Kier molecular flexibility index (Phi) is 9.88. The molecule has 0 heterocycles. The molecule has 0 unspecified atom stereocenters. The molecule has 0 aliphatic heterocycles. The van der Waals surface area contributed by atoms with Crippen LogP contribution >= 0.6 is 0 Å². The highest BCUT2D eigenvalue weighted by molar-refractivity contribution is 5.41. The SMILES string of the molecule is CC(C)N(CCO)CCO.COc1ccc(N)cc1. The largest absolute Gasteiger partial charge is 0.497 e. The molecule has 0 aromatic heterocycles. The molecular weight excluding hydrogens is 244 g/mol. The molecule has 5 heteroatoms. The fraction of sp³-hybridized carbons (Fsp3) is 0.571. The summed E-state index contributed by atoms with van der Waals surface area (Å²) in [4.78, 5) is 2.03. The van der Waals surface area contributed by atoms with E-state index in [-0.39, 0.29) is 13.2 Å². The highest BCUT2D eigenvalue weighted by Crippen LogP contribution is 2.11. The fourth-order valence-electron chi connectivity index (χ4n) is 1.49. The molecule has 4 N–H and O–H groups in total. The average molecular weight is 270 g/mol. The summed E-state index contributed by atoms with van der Waals surface area (Å²) >= 11 is 0. The van der Waals surface area contributed by atoms with E-state index in [0.29, 0.717) is 19.1 Å². The van der Waals surface area contributed by atoms with Gasteiger partial charge in [-0.2, -0.15) is 0 Å². The van der Waals surface area contributed by atoms with Gasteiger partial charge in [-0.05, 0) is 38.1 Å². The number of aliphatic hydroxyl groups excluding tert-OH is 2. The Morgan fingerprint density at radius 3 is 1.89 bits per heavy atom. The van der Waals surface area contributed by atoms with E-state index < -0.39 is 0 Å². The van der Waals surface area contributed by atoms with Gasteiger partial charge in [-0.3, -0.25) is 4.90 Å². The number of rotatable bonds is 6. The van der Waals surface area contributed by atoms with E-state index in [1.54, 1.807) is 19.2 Å². The summed E-state index contributed by atoms with van der Waals surface area (Å²) in [6, 6.07) is 7.67. The number of anilines is 1. The third-order valence-electron chi connectivity index (χ3n) is 2.62. The monoisotopic (exact) mass is 270 g/mol. The molecule has 19 heavy (non-hydrogen) atoms. The van der Waals surface area contributed by atoms with Gasteiger partial charge in [0.15, 0.2) is 0 Å². The number of ether oxygens (including phenoxy) is 1. The zero-order chi connectivity index (χ0) is 14.7. The van der Waals surface area contributed by atoms with Crippen molar-refractivity contribution in [3.63, 3.8) is 0 Å². The van der Waals surface area contributed by atoms with E-state index in [9.17, 15) is 0 Å². The Morgan fingerprint density at radius 2 is 1.58 bits per heavy atom. The predicted molar refractivity (Wildman–Crippen MR) is 78.3 cm³/mol. The molecule has 0 radical (unpaired) electrons. The van der Waals surface area contributed by atoms with Gasteiger partial charge in [-0.15, -0.1) is 0 Å². The van der Waals surface area contributed by atoms with Crippen LogP contribution in [0.3, 0.4) is 0 Å². The summed E-state index contributed by atoms with van der Waals surface area (Å²) in [5, 5.41) is 17.2. The Hall–Kier alpha value is -1.30. The lowest BCUT2D eigenvalue weighted by Gasteiger charge is -2.24. The smallest absolute Gasteiger partial charge is 0.119 e. The van der Waals surface area contributed by atoms with Gasteiger partial charge in [0.25, 0.3) is 0 Å². The molecule has 110 valence electrons. The van der Waals surface area contributed by atoms with Crippen molar-refractivity contribution in [2.45, 2.75) is 19.9 Å². The van der Waals surface area contributed by atoms with Crippen LogP contribution in [0, 0.1) is 0 Å². The zero-order valence-corrected chi connectivity index (χ0v) is 12.0. The van der Waals surface area contributed by atoms with Crippen LogP contribution in [-0.4, -0.2) is 54.6 Å². The van der Waals surface area contributed by atoms with Gasteiger partial charge in [0, 0.05) is 24.8 Å². The summed E-state index contributed by atoms with van der Waals surface area (Å²) in [5.41, 5.74) is 6.19. The summed E-state index contributed by atoms with van der Waals surface area (Å²) in [6.45, 7) is 5.73. The topological polar surface area (TPSA) is 79.0 Å². The van der Waals surface area contributed by atoms with E-state index in [2.05, 4.69) is 0 Å². The minimum Gasteiger partial charge on any atom is -0.497 e. The lowest BCUT2D eigenvalue weighted by molar-refractivity contribution is 0.135. The average Bonchev–Trinajstić information content (AvgIpc) is 2.40. The maximum Gasteiger partial charge on any atom is 0.119 e. The van der Waals surface area contributed by atoms with Gasteiger partial charge in [0.2, 0.25) is 0 Å². The summed E-state index contributed by atoms with van der Waals surface area (Å²) < 4.78 is 4.91. The normalized spacial score (nSPS) is 10.3. The molecule has 0 bridgehead atoms. The van der Waals surface area contributed by atoms with E-state index >= 15 is 0 Å². The van der Waals surface area contributed by atoms with Crippen molar-refractivity contribution in [2.24, 2.45) is 0 Å². The molecule has 0 atom stereocenters. The maximum absolute atomic E-state index is 8.59. The molecule has 5 nitrogen and oxygen atoms in total. The van der Waals surface area contributed by atoms with Crippen molar-refractivity contribution in [3.8, 4) is 5.75 Å². The molecule has 1 rings (SSSR count). The highest BCUT2D eigenvalue weighted by Gasteiger charge is 2.06. The van der Waals surface area contributed by atoms with Gasteiger partial charge in [-0.1, -0.05) is 0 Å². The summed E-state index contributed by atoms with van der Waals surface area (Å²) in [7, 11) is 1.63. The van der Waals surface area contributed by atoms with Crippen molar-refractivity contribution >= 4 is 5.69 Å². The van der Waals surface area contributed by atoms with Crippen molar-refractivity contribution in [3.05, 3.63) is 24.3 Å². The molecule has 0 aliphatic carbocycles. The second-order valence-corrected chi connectivity index (χ2v) is 4.35. The van der Waals surface area contributed by atoms with Gasteiger partial charge in [0.1, 0.15) is 5.75 Å². The van der Waals surface area contributed by atoms with Gasteiger partial charge >= 0.3 is 0 Å². The fourth-order valence-corrected chi connectivity index (χ4v) is 1.49. The van der Waals surface area contributed by atoms with E-state index in [1.165, 1.54) is 0 Å². The second-order valence-electron chi connectivity index (χ2n) is 4.35. The lowest BCUT2D eigenvalue weighted by Crippen LogP contribution is -2.35. The van der Waals surface area contributed by atoms with Crippen LogP contribution in [0.2, 0.25) is 0 Å². The first kappa shape index (κ1) is 17.7. The van der Waals surface area contributed by atoms with E-state index in [0.717, 1.165) is 11.4 Å². The lowest BCUT2D eigenvalue weighted by atomic mass is 10.3. The second kappa shape index (κ2) is 10.6. The summed E-state index contributed by atoms with van der Waals surface area (Å²) in [5.74, 6) is 0.837. The number of hydrogen-bond acceptors (Lipinski definition) is 5. The van der Waals surface area contributed by atoms with Crippen molar-refractivity contribution < 1.29 is 14.9 Å². The first-order valence-corrected chi connectivity index (χ1v) is 6.40.